The SMILES string of the molecule is Cc1cc(Br)cc(C(O)c2ccc3c(c2)CCC(=O)N3)c1. The summed E-state index contributed by atoms with van der Waals surface area (Å²) in [5, 5.41) is 13.4. The summed E-state index contributed by atoms with van der Waals surface area (Å²) in [5.74, 6) is 0.0541. The highest BCUT2D eigenvalue weighted by Crippen LogP contribution is 2.30. The number of fused-ring (bicyclic) bond motifs is 1. The first-order chi connectivity index (χ1) is 10.0. The average Bonchev–Trinajstić information content (AvgIpc) is 2.45. The lowest BCUT2D eigenvalue weighted by Crippen LogP contribution is -2.19. The Hall–Kier alpha value is -1.65. The number of carbonyl (C=O) groups excluding carboxylic acids is 1. The van der Waals surface area contributed by atoms with Crippen molar-refractivity contribution in [3.63, 3.8) is 0 Å². The molecule has 0 radical (unpaired) electrons. The Morgan fingerprint density at radius 2 is 1.95 bits per heavy atom. The van der Waals surface area contributed by atoms with E-state index in [1.807, 2.05) is 43.3 Å². The molecule has 0 aliphatic carbocycles. The molecule has 4 heteroatoms. The number of aliphatic hydroxyl groups excluding tert-OH is 1. The molecule has 0 saturated heterocycles. The zero-order valence-electron chi connectivity index (χ0n) is 11.7. The highest BCUT2D eigenvalue weighted by Gasteiger charge is 2.18. The van der Waals surface area contributed by atoms with Crippen molar-refractivity contribution in [1.82, 2.24) is 0 Å². The van der Waals surface area contributed by atoms with E-state index in [0.717, 1.165) is 38.8 Å². The number of benzene rings is 2. The summed E-state index contributed by atoms with van der Waals surface area (Å²) in [6.45, 7) is 2.00. The van der Waals surface area contributed by atoms with Crippen molar-refractivity contribution in [2.75, 3.05) is 5.32 Å². The van der Waals surface area contributed by atoms with E-state index in [4.69, 9.17) is 0 Å². The van der Waals surface area contributed by atoms with Crippen molar-refractivity contribution >= 4 is 27.5 Å². The number of hydrogen-bond donors (Lipinski definition) is 2. The molecule has 1 aliphatic heterocycles. The summed E-state index contributed by atoms with van der Waals surface area (Å²) in [4.78, 5) is 11.4. The first-order valence-corrected chi connectivity index (χ1v) is 7.70. The van der Waals surface area contributed by atoms with E-state index in [0.29, 0.717) is 6.42 Å². The monoisotopic (exact) mass is 345 g/mol. The van der Waals surface area contributed by atoms with Crippen molar-refractivity contribution in [2.45, 2.75) is 25.9 Å². The van der Waals surface area contributed by atoms with Gasteiger partial charge in [-0.3, -0.25) is 4.79 Å². The van der Waals surface area contributed by atoms with Gasteiger partial charge in [0, 0.05) is 16.6 Å². The second kappa shape index (κ2) is 5.62. The van der Waals surface area contributed by atoms with Crippen molar-refractivity contribution in [1.29, 1.82) is 0 Å². The highest BCUT2D eigenvalue weighted by molar-refractivity contribution is 9.10. The minimum atomic E-state index is -0.663. The maximum absolute atomic E-state index is 11.4. The molecular weight excluding hydrogens is 330 g/mol. The maximum Gasteiger partial charge on any atom is 0.224 e. The molecule has 1 atom stereocenters. The van der Waals surface area contributed by atoms with E-state index in [9.17, 15) is 9.90 Å². The van der Waals surface area contributed by atoms with E-state index in [-0.39, 0.29) is 5.91 Å². The van der Waals surface area contributed by atoms with Gasteiger partial charge in [0.2, 0.25) is 5.91 Å². The molecule has 108 valence electrons. The zero-order valence-corrected chi connectivity index (χ0v) is 13.3. The van der Waals surface area contributed by atoms with Crippen LogP contribution in [0, 0.1) is 6.92 Å². The van der Waals surface area contributed by atoms with Gasteiger partial charge in [-0.2, -0.15) is 0 Å². The number of aliphatic hydroxyl groups is 1. The van der Waals surface area contributed by atoms with Gasteiger partial charge in [0.05, 0.1) is 0 Å². The lowest BCUT2D eigenvalue weighted by molar-refractivity contribution is -0.116. The Morgan fingerprint density at radius 3 is 2.71 bits per heavy atom. The molecule has 3 rings (SSSR count). The lowest BCUT2D eigenvalue weighted by atomic mass is 9.95. The molecule has 0 fully saturated rings. The number of aryl methyl sites for hydroxylation is 2. The van der Waals surface area contributed by atoms with Crippen LogP contribution in [0.4, 0.5) is 5.69 Å². The summed E-state index contributed by atoms with van der Waals surface area (Å²) in [7, 11) is 0. The Balaban J connectivity index is 1.94. The summed E-state index contributed by atoms with van der Waals surface area (Å²) >= 11 is 3.46. The van der Waals surface area contributed by atoms with E-state index >= 15 is 0 Å². The quantitative estimate of drug-likeness (QED) is 0.871. The topological polar surface area (TPSA) is 49.3 Å². The lowest BCUT2D eigenvalue weighted by Gasteiger charge is -2.20. The van der Waals surface area contributed by atoms with Gasteiger partial charge >= 0.3 is 0 Å². The van der Waals surface area contributed by atoms with Crippen LogP contribution in [-0.2, 0) is 11.2 Å². The van der Waals surface area contributed by atoms with Crippen LogP contribution in [0.1, 0.15) is 34.8 Å². The Kier molecular flexibility index (Phi) is 3.83. The fraction of sp³-hybridized carbons (Fsp3) is 0.235. The van der Waals surface area contributed by atoms with Gasteiger partial charge in [0.15, 0.2) is 0 Å². The molecule has 1 unspecified atom stereocenters. The molecule has 21 heavy (non-hydrogen) atoms. The fourth-order valence-electron chi connectivity index (χ4n) is 2.69. The minimum Gasteiger partial charge on any atom is -0.384 e. The van der Waals surface area contributed by atoms with Crippen molar-refractivity contribution in [2.24, 2.45) is 0 Å². The van der Waals surface area contributed by atoms with Crippen LogP contribution in [0.5, 0.6) is 0 Å². The second-order valence-electron chi connectivity index (χ2n) is 5.43. The van der Waals surface area contributed by atoms with Crippen LogP contribution >= 0.6 is 15.9 Å². The van der Waals surface area contributed by atoms with Gasteiger partial charge in [-0.1, -0.05) is 34.1 Å². The molecule has 0 aromatic heterocycles. The van der Waals surface area contributed by atoms with Crippen molar-refractivity contribution in [3.05, 3.63) is 63.1 Å². The first kappa shape index (κ1) is 14.3. The molecule has 2 N–H and O–H groups in total. The smallest absolute Gasteiger partial charge is 0.224 e. The second-order valence-corrected chi connectivity index (χ2v) is 6.34. The normalized spacial score (nSPS) is 15.3. The maximum atomic E-state index is 11.4. The highest BCUT2D eigenvalue weighted by atomic mass is 79.9. The Bertz CT molecular complexity index is 692. The predicted molar refractivity (Wildman–Crippen MR) is 86.3 cm³/mol. The van der Waals surface area contributed by atoms with Gasteiger partial charge < -0.3 is 10.4 Å². The van der Waals surface area contributed by atoms with Crippen LogP contribution in [-0.4, -0.2) is 11.0 Å². The third-order valence-electron chi connectivity index (χ3n) is 3.72. The molecule has 1 amide bonds. The van der Waals surface area contributed by atoms with E-state index in [1.54, 1.807) is 0 Å². The van der Waals surface area contributed by atoms with Gasteiger partial charge in [0.1, 0.15) is 6.10 Å². The molecular formula is C17H16BrNO2. The van der Waals surface area contributed by atoms with Crippen LogP contribution in [0.3, 0.4) is 0 Å². The molecule has 2 aromatic carbocycles. The summed E-state index contributed by atoms with van der Waals surface area (Å²) < 4.78 is 0.960. The number of hydrogen-bond acceptors (Lipinski definition) is 2. The standard InChI is InChI=1S/C17H16BrNO2/c1-10-6-13(9-14(18)7-10)17(21)12-2-4-15-11(8-12)3-5-16(20)19-15/h2,4,6-9,17,21H,3,5H2,1H3,(H,19,20). The van der Waals surface area contributed by atoms with Crippen LogP contribution < -0.4 is 5.32 Å². The first-order valence-electron chi connectivity index (χ1n) is 6.91. The van der Waals surface area contributed by atoms with E-state index in [2.05, 4.69) is 21.2 Å². The summed E-state index contributed by atoms with van der Waals surface area (Å²) in [6, 6.07) is 11.6. The van der Waals surface area contributed by atoms with Gasteiger partial charge in [-0.15, -0.1) is 0 Å². The third-order valence-corrected chi connectivity index (χ3v) is 4.18. The third kappa shape index (κ3) is 3.01. The molecule has 2 aromatic rings. The number of amides is 1. The summed E-state index contributed by atoms with van der Waals surface area (Å²) in [6.07, 6.45) is 0.561. The van der Waals surface area contributed by atoms with E-state index < -0.39 is 6.10 Å². The Morgan fingerprint density at radius 1 is 1.14 bits per heavy atom. The largest absolute Gasteiger partial charge is 0.384 e. The van der Waals surface area contributed by atoms with Crippen LogP contribution in [0.2, 0.25) is 0 Å². The van der Waals surface area contributed by atoms with Gasteiger partial charge in [0.25, 0.3) is 0 Å². The molecule has 1 aliphatic rings. The van der Waals surface area contributed by atoms with Gasteiger partial charge in [-0.25, -0.2) is 0 Å². The number of nitrogens with one attached hydrogen (secondary N) is 1. The van der Waals surface area contributed by atoms with Crippen molar-refractivity contribution < 1.29 is 9.90 Å². The minimum absolute atomic E-state index is 0.0541. The molecule has 1 heterocycles. The fourth-order valence-corrected chi connectivity index (χ4v) is 3.31. The van der Waals surface area contributed by atoms with Crippen LogP contribution in [0.25, 0.3) is 0 Å². The van der Waals surface area contributed by atoms with E-state index in [1.165, 1.54) is 0 Å². The summed E-state index contributed by atoms with van der Waals surface area (Å²) in [5.41, 5.74) is 4.75. The number of anilines is 1. The van der Waals surface area contributed by atoms with Crippen molar-refractivity contribution in [3.8, 4) is 0 Å². The average molecular weight is 346 g/mol. The molecule has 0 bridgehead atoms. The zero-order chi connectivity index (χ0) is 15.0. The number of halogens is 1. The molecule has 0 spiro atoms. The predicted octanol–water partition coefficient (Wildman–Crippen LogP) is 3.72. The molecule has 3 nitrogen and oxygen atoms in total. The Labute approximate surface area is 132 Å². The number of carbonyl (C=O) groups is 1. The van der Waals surface area contributed by atoms with Gasteiger partial charge in [-0.05, 0) is 53.8 Å². The molecule has 0 saturated carbocycles. The number of rotatable bonds is 2. The van der Waals surface area contributed by atoms with Crippen LogP contribution in [0.15, 0.2) is 40.9 Å².